The number of amides is 1. The first-order chi connectivity index (χ1) is 15.1. The lowest BCUT2D eigenvalue weighted by Crippen LogP contribution is -3.11. The number of aromatic nitrogens is 2. The zero-order valence-corrected chi connectivity index (χ0v) is 17.5. The highest BCUT2D eigenvalue weighted by molar-refractivity contribution is 6.01. The van der Waals surface area contributed by atoms with Crippen LogP contribution in [0.3, 0.4) is 0 Å². The summed E-state index contributed by atoms with van der Waals surface area (Å²) in [6, 6.07) is 14.7. The number of hydrogen-bond donors (Lipinski definition) is 3. The van der Waals surface area contributed by atoms with Crippen molar-refractivity contribution in [2.75, 3.05) is 25.5 Å². The van der Waals surface area contributed by atoms with Crippen LogP contribution in [0, 0.1) is 0 Å². The Balaban J connectivity index is 1.55. The second kappa shape index (κ2) is 9.01. The Hall–Kier alpha value is -3.65. The monoisotopic (exact) mass is 421 g/mol. The molecule has 0 aliphatic rings. The molecular formula is C23H25N4O4+. The van der Waals surface area contributed by atoms with Crippen molar-refractivity contribution in [1.82, 2.24) is 9.97 Å². The first-order valence-corrected chi connectivity index (χ1v) is 10.3. The molecule has 1 atom stereocenters. The third kappa shape index (κ3) is 4.44. The van der Waals surface area contributed by atoms with Crippen molar-refractivity contribution in [3.8, 4) is 5.75 Å². The first kappa shape index (κ1) is 20.6. The number of carbonyl (C=O) groups excluding carboxylic acids is 1. The fourth-order valence-electron chi connectivity index (χ4n) is 3.73. The fourth-order valence-corrected chi connectivity index (χ4v) is 3.73. The Morgan fingerprint density at radius 1 is 1.19 bits per heavy atom. The summed E-state index contributed by atoms with van der Waals surface area (Å²) >= 11 is 0. The molecule has 0 fully saturated rings. The lowest BCUT2D eigenvalue weighted by Gasteiger charge is -2.18. The molecule has 2 heterocycles. The van der Waals surface area contributed by atoms with Gasteiger partial charge in [-0.3, -0.25) is 9.59 Å². The van der Waals surface area contributed by atoms with E-state index in [0.717, 1.165) is 23.3 Å². The number of para-hydroxylation sites is 3. The quantitative estimate of drug-likeness (QED) is 0.405. The minimum Gasteiger partial charge on any atom is -0.495 e. The number of fused-ring (bicyclic) bond motifs is 3. The van der Waals surface area contributed by atoms with Crippen LogP contribution in [0.15, 0.2) is 57.7 Å². The minimum atomic E-state index is -0.314. The molecule has 2 aromatic heterocycles. The van der Waals surface area contributed by atoms with Crippen molar-refractivity contribution in [1.29, 1.82) is 0 Å². The lowest BCUT2D eigenvalue weighted by molar-refractivity contribution is -0.906. The van der Waals surface area contributed by atoms with Crippen LogP contribution in [0.4, 0.5) is 5.69 Å². The Kier molecular flexibility index (Phi) is 5.99. The number of benzene rings is 2. The van der Waals surface area contributed by atoms with Gasteiger partial charge in [0.1, 0.15) is 23.4 Å². The molecule has 31 heavy (non-hydrogen) atoms. The Morgan fingerprint density at radius 3 is 2.77 bits per heavy atom. The van der Waals surface area contributed by atoms with Crippen LogP contribution in [0.25, 0.3) is 22.1 Å². The molecule has 160 valence electrons. The van der Waals surface area contributed by atoms with Gasteiger partial charge in [-0.25, -0.2) is 4.98 Å². The maximum Gasteiger partial charge on any atom is 0.294 e. The van der Waals surface area contributed by atoms with Gasteiger partial charge in [0.15, 0.2) is 12.4 Å². The zero-order chi connectivity index (χ0) is 21.8. The van der Waals surface area contributed by atoms with E-state index in [4.69, 9.17) is 9.15 Å². The molecule has 0 radical (unpaired) electrons. The maximum atomic E-state index is 12.7. The van der Waals surface area contributed by atoms with Crippen LogP contribution < -0.4 is 20.5 Å². The number of carbonyl (C=O) groups is 1. The number of ether oxygens (including phenoxy) is 1. The predicted octanol–water partition coefficient (Wildman–Crippen LogP) is 2.11. The van der Waals surface area contributed by atoms with Crippen molar-refractivity contribution in [3.63, 3.8) is 0 Å². The third-order valence-electron chi connectivity index (χ3n) is 5.09. The van der Waals surface area contributed by atoms with Crippen LogP contribution in [-0.4, -0.2) is 36.1 Å². The average molecular weight is 421 g/mol. The van der Waals surface area contributed by atoms with E-state index >= 15 is 0 Å². The van der Waals surface area contributed by atoms with Crippen molar-refractivity contribution in [3.05, 3.63) is 64.7 Å². The van der Waals surface area contributed by atoms with Gasteiger partial charge in [-0.2, -0.15) is 0 Å². The maximum absolute atomic E-state index is 12.7. The molecule has 4 aromatic rings. The Morgan fingerprint density at radius 2 is 1.97 bits per heavy atom. The third-order valence-corrected chi connectivity index (χ3v) is 5.09. The topological polar surface area (TPSA) is 102 Å². The number of nitrogens with zero attached hydrogens (tertiary/aromatic N) is 1. The molecule has 3 N–H and O–H groups in total. The number of rotatable bonds is 8. The summed E-state index contributed by atoms with van der Waals surface area (Å²) in [7, 11) is 1.57. The first-order valence-electron chi connectivity index (χ1n) is 10.3. The number of quaternary nitrogens is 1. The second-order valence-electron chi connectivity index (χ2n) is 7.39. The highest BCUT2D eigenvalue weighted by atomic mass is 16.5. The van der Waals surface area contributed by atoms with Gasteiger partial charge in [-0.15, -0.1) is 0 Å². The Labute approximate surface area is 178 Å². The number of hydrogen-bond acceptors (Lipinski definition) is 5. The van der Waals surface area contributed by atoms with E-state index < -0.39 is 0 Å². The number of furan rings is 1. The van der Waals surface area contributed by atoms with Gasteiger partial charge in [0, 0.05) is 5.39 Å². The molecule has 0 spiro atoms. The molecule has 4 rings (SSSR count). The van der Waals surface area contributed by atoms with Gasteiger partial charge in [0.05, 0.1) is 19.3 Å². The average Bonchev–Trinajstić information content (AvgIpc) is 3.14. The summed E-state index contributed by atoms with van der Waals surface area (Å²) in [6.45, 7) is 3.46. The van der Waals surface area contributed by atoms with Crippen LogP contribution in [0.5, 0.6) is 5.75 Å². The molecular weight excluding hydrogens is 396 g/mol. The van der Waals surface area contributed by atoms with Crippen LogP contribution >= 0.6 is 0 Å². The van der Waals surface area contributed by atoms with Crippen molar-refractivity contribution in [2.24, 2.45) is 0 Å². The number of nitrogens with one attached hydrogen (secondary N) is 3. The summed E-state index contributed by atoms with van der Waals surface area (Å²) in [4.78, 5) is 33.7. The van der Waals surface area contributed by atoms with E-state index in [1.54, 1.807) is 19.2 Å². The molecule has 0 bridgehead atoms. The number of anilines is 1. The number of methoxy groups -OCH3 is 1. The fraction of sp³-hybridized carbons (Fsp3) is 0.261. The molecule has 2 aromatic carbocycles. The van der Waals surface area contributed by atoms with E-state index in [9.17, 15) is 9.59 Å². The number of aromatic amines is 1. The second-order valence-corrected chi connectivity index (χ2v) is 7.39. The highest BCUT2D eigenvalue weighted by Crippen LogP contribution is 2.24. The molecule has 0 saturated heterocycles. The molecule has 0 saturated carbocycles. The SMILES string of the molecule is CCC[NH+](CC(=O)Nc1ccccc1OC)Cc1nc2c(oc3ccccc32)c(=O)[nH]1. The summed E-state index contributed by atoms with van der Waals surface area (Å²) in [5.74, 6) is 0.999. The zero-order valence-electron chi connectivity index (χ0n) is 17.5. The molecule has 1 unspecified atom stereocenters. The van der Waals surface area contributed by atoms with Crippen molar-refractivity contribution in [2.45, 2.75) is 19.9 Å². The molecule has 0 aliphatic heterocycles. The van der Waals surface area contributed by atoms with Gasteiger partial charge < -0.3 is 24.4 Å². The van der Waals surface area contributed by atoms with E-state index in [-0.39, 0.29) is 23.6 Å². The van der Waals surface area contributed by atoms with Gasteiger partial charge in [-0.1, -0.05) is 31.2 Å². The summed E-state index contributed by atoms with van der Waals surface area (Å²) in [5, 5.41) is 3.71. The van der Waals surface area contributed by atoms with Crippen molar-refractivity contribution >= 4 is 33.7 Å². The van der Waals surface area contributed by atoms with Crippen LogP contribution in [0.2, 0.25) is 0 Å². The van der Waals surface area contributed by atoms with E-state index in [1.807, 2.05) is 36.4 Å². The van der Waals surface area contributed by atoms with E-state index in [2.05, 4.69) is 22.2 Å². The van der Waals surface area contributed by atoms with E-state index in [1.165, 1.54) is 0 Å². The summed E-state index contributed by atoms with van der Waals surface area (Å²) in [6.07, 6.45) is 0.887. The van der Waals surface area contributed by atoms with Gasteiger partial charge in [-0.05, 0) is 30.7 Å². The summed E-state index contributed by atoms with van der Waals surface area (Å²) in [5.41, 5.74) is 1.70. The smallest absolute Gasteiger partial charge is 0.294 e. The standard InChI is InChI=1S/C23H24N4O4/c1-3-12-27(14-20(28)24-16-9-5-7-11-18(16)30-2)13-19-25-21-15-8-4-6-10-17(15)31-22(21)23(29)26-19/h4-11H,3,12-14H2,1-2H3,(H,24,28)(H,25,26,29)/p+1. The van der Waals surface area contributed by atoms with E-state index in [0.29, 0.717) is 34.9 Å². The Bertz CT molecular complexity index is 1280. The minimum absolute atomic E-state index is 0.134. The van der Waals surface area contributed by atoms with Gasteiger partial charge in [0.2, 0.25) is 5.58 Å². The number of H-pyrrole nitrogens is 1. The van der Waals surface area contributed by atoms with Crippen LogP contribution in [0.1, 0.15) is 19.2 Å². The largest absolute Gasteiger partial charge is 0.495 e. The lowest BCUT2D eigenvalue weighted by atomic mass is 10.2. The highest BCUT2D eigenvalue weighted by Gasteiger charge is 2.19. The molecule has 8 heteroatoms. The van der Waals surface area contributed by atoms with Gasteiger partial charge >= 0.3 is 0 Å². The molecule has 8 nitrogen and oxygen atoms in total. The van der Waals surface area contributed by atoms with Gasteiger partial charge in [0.25, 0.3) is 11.5 Å². The predicted molar refractivity (Wildman–Crippen MR) is 118 cm³/mol. The van der Waals surface area contributed by atoms with Crippen molar-refractivity contribution < 1.29 is 18.8 Å². The normalized spacial score (nSPS) is 12.2. The summed E-state index contributed by atoms with van der Waals surface area (Å²) < 4.78 is 11.0. The molecule has 0 aliphatic carbocycles. The van der Waals surface area contributed by atoms with Crippen LogP contribution in [-0.2, 0) is 11.3 Å². The molecule has 1 amide bonds.